The molecule has 0 bridgehead atoms. The molecule has 2 amide bonds. The number of nitrogens with zero attached hydrogens (tertiary/aromatic N) is 4. The molecule has 0 spiro atoms. The minimum Gasteiger partial charge on any atom is -0.342 e. The molecule has 0 atom stereocenters. The van der Waals surface area contributed by atoms with E-state index in [4.69, 9.17) is 0 Å². The number of likely N-dealkylation sites (tertiary alicyclic amines) is 2. The number of anilines is 1. The molecule has 3 heterocycles. The van der Waals surface area contributed by atoms with E-state index in [1.165, 1.54) is 12.8 Å². The molecule has 0 unspecified atom stereocenters. The van der Waals surface area contributed by atoms with Crippen LogP contribution in [0.5, 0.6) is 0 Å². The summed E-state index contributed by atoms with van der Waals surface area (Å²) in [6.45, 7) is 5.73. The van der Waals surface area contributed by atoms with Gasteiger partial charge < -0.3 is 10.2 Å². The minimum atomic E-state index is -0.0229. The molecule has 0 aliphatic carbocycles. The zero-order valence-corrected chi connectivity index (χ0v) is 16.0. The van der Waals surface area contributed by atoms with E-state index < -0.39 is 0 Å². The number of amides is 2. The number of piperidine rings is 1. The van der Waals surface area contributed by atoms with E-state index in [1.54, 1.807) is 4.68 Å². The van der Waals surface area contributed by atoms with Crippen molar-refractivity contribution in [2.75, 3.05) is 38.0 Å². The summed E-state index contributed by atoms with van der Waals surface area (Å²) in [5.74, 6) is 1.16. The molecule has 0 aromatic carbocycles. The highest BCUT2D eigenvalue weighted by molar-refractivity contribution is 5.91. The maximum absolute atomic E-state index is 12.7. The van der Waals surface area contributed by atoms with Crippen LogP contribution < -0.4 is 5.32 Å². The maximum Gasteiger partial charge on any atom is 0.239 e. The van der Waals surface area contributed by atoms with Crippen LogP contribution in [0, 0.1) is 12.8 Å². The summed E-state index contributed by atoms with van der Waals surface area (Å²) in [6.07, 6.45) is 6.47. The average molecular weight is 361 g/mol. The first-order valence-electron chi connectivity index (χ1n) is 9.84. The lowest BCUT2D eigenvalue weighted by atomic mass is 9.95. The van der Waals surface area contributed by atoms with Crippen molar-refractivity contribution in [2.45, 2.75) is 45.4 Å². The van der Waals surface area contributed by atoms with Crippen molar-refractivity contribution in [3.8, 4) is 0 Å². The lowest BCUT2D eigenvalue weighted by Gasteiger charge is -2.33. The molecular weight excluding hydrogens is 330 g/mol. The van der Waals surface area contributed by atoms with Crippen LogP contribution in [-0.4, -0.2) is 64.1 Å². The molecule has 26 heavy (non-hydrogen) atoms. The van der Waals surface area contributed by atoms with Gasteiger partial charge in [-0.25, -0.2) is 0 Å². The van der Waals surface area contributed by atoms with Crippen molar-refractivity contribution in [3.63, 3.8) is 0 Å². The van der Waals surface area contributed by atoms with Crippen LogP contribution in [-0.2, 0) is 16.6 Å². The summed E-state index contributed by atoms with van der Waals surface area (Å²) < 4.78 is 1.68. The normalized spacial score (nSPS) is 20.0. The second-order valence-corrected chi connectivity index (χ2v) is 7.63. The van der Waals surface area contributed by atoms with Crippen molar-refractivity contribution in [1.29, 1.82) is 0 Å². The summed E-state index contributed by atoms with van der Waals surface area (Å²) in [5.41, 5.74) is 0.885. The number of aromatic nitrogens is 2. The van der Waals surface area contributed by atoms with Crippen molar-refractivity contribution in [1.82, 2.24) is 19.6 Å². The quantitative estimate of drug-likeness (QED) is 0.887. The Morgan fingerprint density at radius 3 is 2.35 bits per heavy atom. The third kappa shape index (κ3) is 4.84. The third-order valence-electron chi connectivity index (χ3n) is 5.49. The van der Waals surface area contributed by atoms with Gasteiger partial charge >= 0.3 is 0 Å². The highest BCUT2D eigenvalue weighted by Gasteiger charge is 2.29. The first kappa shape index (κ1) is 18.9. The van der Waals surface area contributed by atoms with Crippen molar-refractivity contribution in [2.24, 2.45) is 13.0 Å². The van der Waals surface area contributed by atoms with Gasteiger partial charge in [0.05, 0.1) is 12.2 Å². The number of carbonyl (C=O) groups is 2. The van der Waals surface area contributed by atoms with Gasteiger partial charge in [-0.2, -0.15) is 5.10 Å². The Bertz CT molecular complexity index is 626. The fourth-order valence-electron chi connectivity index (χ4n) is 4.00. The van der Waals surface area contributed by atoms with Crippen LogP contribution in [0.1, 0.15) is 44.2 Å². The molecule has 7 heteroatoms. The number of carbonyl (C=O) groups excluding carboxylic acids is 2. The first-order valence-corrected chi connectivity index (χ1v) is 9.84. The third-order valence-corrected chi connectivity index (χ3v) is 5.49. The Morgan fingerprint density at radius 1 is 1.12 bits per heavy atom. The van der Waals surface area contributed by atoms with Crippen LogP contribution in [0.3, 0.4) is 0 Å². The molecule has 0 saturated carbocycles. The Labute approximate surface area is 155 Å². The van der Waals surface area contributed by atoms with Gasteiger partial charge in [-0.05, 0) is 45.7 Å². The van der Waals surface area contributed by atoms with E-state index in [1.807, 2.05) is 20.0 Å². The standard InChI is InChI=1S/C19H31N5O2/c1-15-13-17(22(2)21-15)20-18(25)14-23-11-7-16(8-12-23)19(26)24-9-5-3-4-6-10-24/h13,16H,3-12,14H2,1-2H3,(H,20,25). The van der Waals surface area contributed by atoms with E-state index in [2.05, 4.69) is 20.2 Å². The molecule has 144 valence electrons. The summed E-state index contributed by atoms with van der Waals surface area (Å²) >= 11 is 0. The summed E-state index contributed by atoms with van der Waals surface area (Å²) in [5, 5.41) is 7.15. The van der Waals surface area contributed by atoms with Crippen LogP contribution in [0.2, 0.25) is 0 Å². The second kappa shape index (κ2) is 8.66. The number of hydrogen-bond acceptors (Lipinski definition) is 4. The largest absolute Gasteiger partial charge is 0.342 e. The fraction of sp³-hybridized carbons (Fsp3) is 0.737. The highest BCUT2D eigenvalue weighted by Crippen LogP contribution is 2.21. The smallest absolute Gasteiger partial charge is 0.239 e. The van der Waals surface area contributed by atoms with Gasteiger partial charge in [-0.1, -0.05) is 12.8 Å². The Morgan fingerprint density at radius 2 is 1.77 bits per heavy atom. The molecule has 1 N–H and O–H groups in total. The van der Waals surface area contributed by atoms with E-state index in [-0.39, 0.29) is 11.8 Å². The number of hydrogen-bond donors (Lipinski definition) is 1. The van der Waals surface area contributed by atoms with Gasteiger partial charge in [0.1, 0.15) is 5.82 Å². The lowest BCUT2D eigenvalue weighted by Crippen LogP contribution is -2.44. The molecule has 2 saturated heterocycles. The summed E-state index contributed by atoms with van der Waals surface area (Å²) in [6, 6.07) is 1.87. The fourth-order valence-corrected chi connectivity index (χ4v) is 4.00. The van der Waals surface area contributed by atoms with Crippen molar-refractivity contribution < 1.29 is 9.59 Å². The molecule has 1 aromatic rings. The zero-order chi connectivity index (χ0) is 18.5. The van der Waals surface area contributed by atoms with Gasteiger partial charge in [0.15, 0.2) is 0 Å². The molecule has 1 aromatic heterocycles. The lowest BCUT2D eigenvalue weighted by molar-refractivity contribution is -0.137. The van der Waals surface area contributed by atoms with Gasteiger partial charge in [0.25, 0.3) is 0 Å². The maximum atomic E-state index is 12.7. The zero-order valence-electron chi connectivity index (χ0n) is 16.0. The predicted octanol–water partition coefficient (Wildman–Crippen LogP) is 1.78. The van der Waals surface area contributed by atoms with Crippen LogP contribution >= 0.6 is 0 Å². The Balaban J connectivity index is 1.43. The topological polar surface area (TPSA) is 70.5 Å². The van der Waals surface area contributed by atoms with Gasteiger partial charge in [0, 0.05) is 32.1 Å². The number of aryl methyl sites for hydroxylation is 2. The van der Waals surface area contributed by atoms with E-state index in [9.17, 15) is 9.59 Å². The Kier molecular flexibility index (Phi) is 6.29. The molecule has 3 rings (SSSR count). The molecular formula is C19H31N5O2. The molecule has 2 aliphatic rings. The first-order chi connectivity index (χ1) is 12.5. The Hall–Kier alpha value is -1.89. The molecule has 0 radical (unpaired) electrons. The predicted molar refractivity (Wildman–Crippen MR) is 101 cm³/mol. The van der Waals surface area contributed by atoms with Gasteiger partial charge in [0.2, 0.25) is 11.8 Å². The van der Waals surface area contributed by atoms with E-state index in [0.717, 1.165) is 63.4 Å². The van der Waals surface area contributed by atoms with Crippen LogP contribution in [0.25, 0.3) is 0 Å². The molecule has 2 aliphatic heterocycles. The van der Waals surface area contributed by atoms with Gasteiger partial charge in [-0.3, -0.25) is 19.2 Å². The van der Waals surface area contributed by atoms with E-state index in [0.29, 0.717) is 12.5 Å². The minimum absolute atomic E-state index is 0.0229. The number of rotatable bonds is 4. The molecule has 2 fully saturated rings. The highest BCUT2D eigenvalue weighted by atomic mass is 16.2. The van der Waals surface area contributed by atoms with Gasteiger partial charge in [-0.15, -0.1) is 0 Å². The van der Waals surface area contributed by atoms with E-state index >= 15 is 0 Å². The van der Waals surface area contributed by atoms with Crippen LogP contribution in [0.15, 0.2) is 6.07 Å². The van der Waals surface area contributed by atoms with Crippen LogP contribution in [0.4, 0.5) is 5.82 Å². The monoisotopic (exact) mass is 361 g/mol. The number of nitrogens with one attached hydrogen (secondary N) is 1. The SMILES string of the molecule is Cc1cc(NC(=O)CN2CCC(C(=O)N3CCCCCC3)CC2)n(C)n1. The molecule has 7 nitrogen and oxygen atoms in total. The second-order valence-electron chi connectivity index (χ2n) is 7.63. The van der Waals surface area contributed by atoms with Crippen molar-refractivity contribution in [3.05, 3.63) is 11.8 Å². The van der Waals surface area contributed by atoms with Crippen molar-refractivity contribution >= 4 is 17.6 Å². The summed E-state index contributed by atoms with van der Waals surface area (Å²) in [7, 11) is 1.82. The average Bonchev–Trinajstić information content (AvgIpc) is 2.82. The summed E-state index contributed by atoms with van der Waals surface area (Å²) in [4.78, 5) is 29.2.